The molecule has 4 rings (SSSR count). The van der Waals surface area contributed by atoms with Gasteiger partial charge in [0.25, 0.3) is 0 Å². The fourth-order valence-corrected chi connectivity index (χ4v) is 5.21. The zero-order chi connectivity index (χ0) is 13.6. The van der Waals surface area contributed by atoms with Crippen molar-refractivity contribution in [2.45, 2.75) is 82.7 Å². The van der Waals surface area contributed by atoms with E-state index in [-0.39, 0.29) is 5.54 Å². The van der Waals surface area contributed by atoms with Crippen LogP contribution < -0.4 is 5.32 Å². The number of nitrogens with zero attached hydrogens (tertiary/aromatic N) is 1. The fourth-order valence-electron chi connectivity index (χ4n) is 3.85. The molecule has 3 aliphatic rings. The van der Waals surface area contributed by atoms with Gasteiger partial charge < -0.3 is 5.32 Å². The maximum absolute atomic E-state index is 5.11. The summed E-state index contributed by atoms with van der Waals surface area (Å²) in [5.74, 6) is 0.902. The number of fused-ring (bicyclic) bond motifs is 1. The quantitative estimate of drug-likeness (QED) is 0.903. The van der Waals surface area contributed by atoms with Crippen LogP contribution in [0.1, 0.15) is 73.9 Å². The number of rotatable bonds is 3. The maximum Gasteiger partial charge on any atom is 0.113 e. The van der Waals surface area contributed by atoms with E-state index in [0.29, 0.717) is 0 Å². The van der Waals surface area contributed by atoms with Gasteiger partial charge in [-0.2, -0.15) is 0 Å². The van der Waals surface area contributed by atoms with E-state index in [2.05, 4.69) is 12.2 Å². The van der Waals surface area contributed by atoms with Gasteiger partial charge in [0.1, 0.15) is 5.01 Å². The lowest BCUT2D eigenvalue weighted by Gasteiger charge is -2.39. The second-order valence-electron chi connectivity index (χ2n) is 7.28. The topological polar surface area (TPSA) is 24.9 Å². The predicted molar refractivity (Wildman–Crippen MR) is 84.2 cm³/mol. The summed E-state index contributed by atoms with van der Waals surface area (Å²) in [6, 6.07) is 0.782. The van der Waals surface area contributed by atoms with E-state index >= 15 is 0 Å². The molecule has 1 N–H and O–H groups in total. The minimum Gasteiger partial charge on any atom is -0.303 e. The molecule has 0 amide bonds. The smallest absolute Gasteiger partial charge is 0.113 e. The molecule has 2 nitrogen and oxygen atoms in total. The minimum absolute atomic E-state index is 0.232. The van der Waals surface area contributed by atoms with Crippen molar-refractivity contribution in [3.8, 4) is 0 Å². The molecule has 3 heteroatoms. The monoisotopic (exact) mass is 290 g/mol. The third-order valence-corrected chi connectivity index (χ3v) is 6.80. The van der Waals surface area contributed by atoms with Crippen LogP contribution in [-0.2, 0) is 18.4 Å². The van der Waals surface area contributed by atoms with Crippen molar-refractivity contribution in [1.82, 2.24) is 10.3 Å². The lowest BCUT2D eigenvalue weighted by Crippen LogP contribution is -2.46. The van der Waals surface area contributed by atoms with Crippen molar-refractivity contribution >= 4 is 11.3 Å². The van der Waals surface area contributed by atoms with Crippen molar-refractivity contribution in [2.24, 2.45) is 5.92 Å². The molecule has 0 atom stereocenters. The normalized spacial score (nSPS) is 34.0. The molecule has 1 aromatic heterocycles. The number of aromatic nitrogens is 1. The Morgan fingerprint density at radius 2 is 1.85 bits per heavy atom. The highest BCUT2D eigenvalue weighted by atomic mass is 32.1. The van der Waals surface area contributed by atoms with Gasteiger partial charge in [0.2, 0.25) is 0 Å². The molecule has 0 saturated heterocycles. The van der Waals surface area contributed by atoms with Gasteiger partial charge in [-0.3, -0.25) is 0 Å². The highest BCUT2D eigenvalue weighted by molar-refractivity contribution is 7.11. The second-order valence-corrected chi connectivity index (χ2v) is 8.36. The van der Waals surface area contributed by atoms with E-state index < -0.39 is 0 Å². The standard InChI is InChI=1S/C17H26N2S/c1-12-8-10-17(11-9-12,19-13-6-7-13)16-18-14-4-2-3-5-15(14)20-16/h12-13,19H,2-11H2,1H3. The SMILES string of the molecule is CC1CCC(NC2CC2)(c2nc3c(s2)CCCC3)CC1. The Morgan fingerprint density at radius 3 is 2.55 bits per heavy atom. The summed E-state index contributed by atoms with van der Waals surface area (Å²) in [6.07, 6.45) is 13.3. The van der Waals surface area contributed by atoms with Crippen LogP contribution in [0.3, 0.4) is 0 Å². The average molecular weight is 290 g/mol. The van der Waals surface area contributed by atoms with Crippen LogP contribution in [0.25, 0.3) is 0 Å². The summed E-state index contributed by atoms with van der Waals surface area (Å²) in [6.45, 7) is 2.41. The van der Waals surface area contributed by atoms with E-state index in [0.717, 1.165) is 12.0 Å². The number of aryl methyl sites for hydroxylation is 2. The van der Waals surface area contributed by atoms with Crippen LogP contribution in [0.4, 0.5) is 0 Å². The Bertz CT molecular complexity index is 458. The molecule has 0 aliphatic heterocycles. The van der Waals surface area contributed by atoms with E-state index in [9.17, 15) is 0 Å². The van der Waals surface area contributed by atoms with Crippen LogP contribution in [0.15, 0.2) is 0 Å². The largest absolute Gasteiger partial charge is 0.303 e. The molecule has 0 unspecified atom stereocenters. The van der Waals surface area contributed by atoms with Crippen LogP contribution in [0, 0.1) is 5.92 Å². The number of hydrogen-bond acceptors (Lipinski definition) is 3. The molecule has 1 aromatic rings. The lowest BCUT2D eigenvalue weighted by atomic mass is 9.77. The van der Waals surface area contributed by atoms with Crippen LogP contribution in [0.5, 0.6) is 0 Å². The first-order valence-electron chi connectivity index (χ1n) is 8.52. The van der Waals surface area contributed by atoms with Crippen molar-refractivity contribution in [2.75, 3.05) is 0 Å². The zero-order valence-electron chi connectivity index (χ0n) is 12.6. The Kier molecular flexibility index (Phi) is 3.38. The molecule has 0 radical (unpaired) electrons. The van der Waals surface area contributed by atoms with Crippen molar-refractivity contribution in [3.05, 3.63) is 15.6 Å². The number of hydrogen-bond donors (Lipinski definition) is 1. The third kappa shape index (κ3) is 2.43. The first-order chi connectivity index (χ1) is 9.75. The summed E-state index contributed by atoms with van der Waals surface area (Å²) in [5, 5.41) is 5.43. The van der Waals surface area contributed by atoms with Crippen LogP contribution in [0.2, 0.25) is 0 Å². The molecular formula is C17H26N2S. The molecule has 0 spiro atoms. The van der Waals surface area contributed by atoms with Crippen LogP contribution in [-0.4, -0.2) is 11.0 Å². The molecule has 2 saturated carbocycles. The predicted octanol–water partition coefficient (Wildman–Crippen LogP) is 4.18. The maximum atomic E-state index is 5.11. The summed E-state index contributed by atoms with van der Waals surface area (Å²) >= 11 is 2.04. The average Bonchev–Trinajstić information content (AvgIpc) is 3.16. The van der Waals surface area contributed by atoms with E-state index in [1.54, 1.807) is 4.88 Å². The Labute approximate surface area is 126 Å². The highest BCUT2D eigenvalue weighted by Gasteiger charge is 2.42. The third-order valence-electron chi connectivity index (χ3n) is 5.44. The van der Waals surface area contributed by atoms with Gasteiger partial charge in [0.05, 0.1) is 11.2 Å². The lowest BCUT2D eigenvalue weighted by molar-refractivity contribution is 0.193. The van der Waals surface area contributed by atoms with E-state index in [1.165, 1.54) is 74.9 Å². The van der Waals surface area contributed by atoms with Crippen molar-refractivity contribution < 1.29 is 0 Å². The Hall–Kier alpha value is -0.410. The molecule has 0 bridgehead atoms. The Morgan fingerprint density at radius 1 is 1.10 bits per heavy atom. The fraction of sp³-hybridized carbons (Fsp3) is 0.824. The molecule has 0 aromatic carbocycles. The number of thiazole rings is 1. The second kappa shape index (κ2) is 5.10. The molecule has 20 heavy (non-hydrogen) atoms. The first kappa shape index (κ1) is 13.3. The summed E-state index contributed by atoms with van der Waals surface area (Å²) in [4.78, 5) is 6.71. The molecule has 3 aliphatic carbocycles. The summed E-state index contributed by atoms with van der Waals surface area (Å²) < 4.78 is 0. The molecule has 110 valence electrons. The van der Waals surface area contributed by atoms with E-state index in [1.807, 2.05) is 11.3 Å². The summed E-state index contributed by atoms with van der Waals surface area (Å²) in [5.41, 5.74) is 1.67. The molecular weight excluding hydrogens is 264 g/mol. The molecule has 1 heterocycles. The van der Waals surface area contributed by atoms with E-state index in [4.69, 9.17) is 4.98 Å². The summed E-state index contributed by atoms with van der Waals surface area (Å²) in [7, 11) is 0. The number of nitrogens with one attached hydrogen (secondary N) is 1. The minimum atomic E-state index is 0.232. The van der Waals surface area contributed by atoms with Crippen molar-refractivity contribution in [1.29, 1.82) is 0 Å². The van der Waals surface area contributed by atoms with Crippen molar-refractivity contribution in [3.63, 3.8) is 0 Å². The van der Waals surface area contributed by atoms with Gasteiger partial charge in [0, 0.05) is 10.9 Å². The first-order valence-corrected chi connectivity index (χ1v) is 9.34. The van der Waals surface area contributed by atoms with Crippen LogP contribution >= 0.6 is 11.3 Å². The zero-order valence-corrected chi connectivity index (χ0v) is 13.4. The Balaban J connectivity index is 1.64. The van der Waals surface area contributed by atoms with Gasteiger partial charge in [-0.15, -0.1) is 11.3 Å². The van der Waals surface area contributed by atoms with Gasteiger partial charge in [-0.25, -0.2) is 4.98 Å². The molecule has 2 fully saturated rings. The van der Waals surface area contributed by atoms with Gasteiger partial charge >= 0.3 is 0 Å². The van der Waals surface area contributed by atoms with Gasteiger partial charge in [0.15, 0.2) is 0 Å². The van der Waals surface area contributed by atoms with Gasteiger partial charge in [-0.05, 0) is 70.1 Å². The van der Waals surface area contributed by atoms with Gasteiger partial charge in [-0.1, -0.05) is 6.92 Å². The highest BCUT2D eigenvalue weighted by Crippen LogP contribution is 2.44.